The van der Waals surface area contributed by atoms with E-state index in [1.165, 1.54) is 16.2 Å². The van der Waals surface area contributed by atoms with Crippen molar-refractivity contribution in [2.45, 2.75) is 39.7 Å². The lowest BCUT2D eigenvalue weighted by atomic mass is 9.86. The smallest absolute Gasteiger partial charge is 0.338 e. The highest BCUT2D eigenvalue weighted by molar-refractivity contribution is 7.99. The van der Waals surface area contributed by atoms with Gasteiger partial charge in [0.05, 0.1) is 12.2 Å². The highest BCUT2D eigenvalue weighted by Gasteiger charge is 2.34. The minimum atomic E-state index is -0.904. The lowest BCUT2D eigenvalue weighted by Gasteiger charge is -2.31. The monoisotopic (exact) mass is 491 g/mol. The van der Waals surface area contributed by atoms with E-state index in [9.17, 15) is 4.79 Å². The van der Waals surface area contributed by atoms with Crippen LogP contribution in [0.25, 0.3) is 0 Å². The quantitative estimate of drug-likeness (QED) is 0.338. The summed E-state index contributed by atoms with van der Waals surface area (Å²) in [5.74, 6) is 2.15. The van der Waals surface area contributed by atoms with Gasteiger partial charge in [0.25, 0.3) is 0 Å². The topological polar surface area (TPSA) is 38.3 Å². The summed E-state index contributed by atoms with van der Waals surface area (Å²) in [7, 11) is -0.904. The number of rotatable bonds is 8. The zero-order chi connectivity index (χ0) is 24.1. The van der Waals surface area contributed by atoms with Crippen molar-refractivity contribution in [1.29, 1.82) is 0 Å². The van der Waals surface area contributed by atoms with Gasteiger partial charge < -0.3 is 10.1 Å². The number of hydrogen-bond acceptors (Lipinski definition) is 4. The summed E-state index contributed by atoms with van der Waals surface area (Å²) in [5, 5.41) is 7.05. The van der Waals surface area contributed by atoms with Gasteiger partial charge in [0.15, 0.2) is 0 Å². The van der Waals surface area contributed by atoms with E-state index < -0.39 is 7.92 Å². The van der Waals surface area contributed by atoms with Crippen LogP contribution < -0.4 is 21.2 Å². The van der Waals surface area contributed by atoms with Gasteiger partial charge in [-0.2, -0.15) is 0 Å². The second-order valence-corrected chi connectivity index (χ2v) is 13.0. The first kappa shape index (κ1) is 25.0. The Morgan fingerprint density at radius 3 is 2.18 bits per heavy atom. The van der Waals surface area contributed by atoms with Crippen LogP contribution in [-0.2, 0) is 4.74 Å². The van der Waals surface area contributed by atoms with Crippen LogP contribution in [0.5, 0.6) is 0 Å². The molecule has 34 heavy (non-hydrogen) atoms. The minimum absolute atomic E-state index is 0.124. The predicted octanol–water partition coefficient (Wildman–Crippen LogP) is 5.41. The Hall–Kier alpha value is -2.13. The van der Waals surface area contributed by atoms with Crippen molar-refractivity contribution < 1.29 is 9.53 Å². The zero-order valence-corrected chi connectivity index (χ0v) is 22.2. The Morgan fingerprint density at radius 2 is 1.65 bits per heavy atom. The molecule has 0 amide bonds. The maximum Gasteiger partial charge on any atom is 0.338 e. The van der Waals surface area contributed by atoms with Crippen LogP contribution in [-0.4, -0.2) is 30.2 Å². The summed E-state index contributed by atoms with van der Waals surface area (Å²) in [5.41, 5.74) is 1.78. The molecule has 0 radical (unpaired) electrons. The van der Waals surface area contributed by atoms with Gasteiger partial charge in [-0.25, -0.2) is 4.79 Å². The lowest BCUT2D eigenvalue weighted by Crippen LogP contribution is -2.43. The van der Waals surface area contributed by atoms with Crippen LogP contribution in [0.4, 0.5) is 0 Å². The molecule has 0 spiro atoms. The van der Waals surface area contributed by atoms with Crippen molar-refractivity contribution in [3.05, 3.63) is 90.0 Å². The largest absolute Gasteiger partial charge is 0.461 e. The van der Waals surface area contributed by atoms with Crippen molar-refractivity contribution >= 4 is 41.6 Å². The maximum atomic E-state index is 13.5. The van der Waals surface area contributed by atoms with Gasteiger partial charge in [0.2, 0.25) is 0 Å². The minimum Gasteiger partial charge on any atom is -0.461 e. The van der Waals surface area contributed by atoms with E-state index in [0.29, 0.717) is 24.1 Å². The van der Waals surface area contributed by atoms with Crippen molar-refractivity contribution in [3.63, 3.8) is 0 Å². The van der Waals surface area contributed by atoms with E-state index in [2.05, 4.69) is 93.7 Å². The first-order valence-corrected chi connectivity index (χ1v) is 14.4. The highest BCUT2D eigenvalue weighted by atomic mass is 32.2. The molecule has 0 aliphatic carbocycles. The molecule has 1 saturated heterocycles. The van der Waals surface area contributed by atoms with Gasteiger partial charge >= 0.3 is 5.97 Å². The number of thioether (sulfide) groups is 1. The molecule has 1 unspecified atom stereocenters. The zero-order valence-electron chi connectivity index (χ0n) is 20.5. The van der Waals surface area contributed by atoms with Crippen LogP contribution in [0.1, 0.15) is 49.5 Å². The molecule has 178 valence electrons. The average molecular weight is 492 g/mol. The first-order valence-electron chi connectivity index (χ1n) is 11.9. The lowest BCUT2D eigenvalue weighted by molar-refractivity contribution is 0.0296. The standard InChI is InChI=1S/C29H34NO2PS/c1-21(2)22-15-16-25(28(31)32-19-29(3,4)27-18-34-20-30-27)26(17-22)33(23-11-7-5-8-12-23)24-13-9-6-10-14-24/h5-17,21,27,30H,18-20H2,1-4H3. The predicted molar refractivity (Wildman–Crippen MR) is 148 cm³/mol. The van der Waals surface area contributed by atoms with Gasteiger partial charge in [0.1, 0.15) is 0 Å². The van der Waals surface area contributed by atoms with Crippen LogP contribution in [0.3, 0.4) is 0 Å². The number of carbonyl (C=O) groups excluding carboxylic acids is 1. The molecule has 3 nitrogen and oxygen atoms in total. The fourth-order valence-corrected chi connectivity index (χ4v) is 7.90. The Labute approximate surface area is 209 Å². The number of benzene rings is 3. The third kappa shape index (κ3) is 5.74. The first-order chi connectivity index (χ1) is 16.4. The van der Waals surface area contributed by atoms with E-state index in [4.69, 9.17) is 4.74 Å². The van der Waals surface area contributed by atoms with Gasteiger partial charge in [-0.15, -0.1) is 11.8 Å². The number of esters is 1. The number of nitrogens with one attached hydrogen (secondary N) is 1. The van der Waals surface area contributed by atoms with Crippen molar-refractivity contribution in [2.75, 3.05) is 18.2 Å². The number of hydrogen-bond donors (Lipinski definition) is 1. The second kappa shape index (κ2) is 11.1. The molecule has 1 aliphatic rings. The molecule has 0 bridgehead atoms. The second-order valence-electron chi connectivity index (χ2n) is 9.77. The van der Waals surface area contributed by atoms with E-state index in [0.717, 1.165) is 16.9 Å². The molecule has 1 N–H and O–H groups in total. The molecule has 1 heterocycles. The number of ether oxygens (including phenoxy) is 1. The summed E-state index contributed by atoms with van der Waals surface area (Å²) in [6, 6.07) is 27.7. The molecule has 3 aromatic rings. The van der Waals surface area contributed by atoms with Gasteiger partial charge in [0, 0.05) is 23.1 Å². The maximum absolute atomic E-state index is 13.5. The fraction of sp³-hybridized carbons (Fsp3) is 0.345. The number of carbonyl (C=O) groups is 1. The average Bonchev–Trinajstić information content (AvgIpc) is 3.40. The molecule has 0 aromatic heterocycles. The molecule has 4 rings (SSSR count). The van der Waals surface area contributed by atoms with E-state index in [-0.39, 0.29) is 11.4 Å². The van der Waals surface area contributed by atoms with Crippen LogP contribution in [0.2, 0.25) is 0 Å². The molecule has 1 fully saturated rings. The van der Waals surface area contributed by atoms with Crippen LogP contribution in [0, 0.1) is 5.41 Å². The van der Waals surface area contributed by atoms with Crippen molar-refractivity contribution in [1.82, 2.24) is 5.32 Å². The Balaban J connectivity index is 1.73. The molecule has 0 saturated carbocycles. The summed E-state index contributed by atoms with van der Waals surface area (Å²) >= 11 is 1.90. The molecule has 1 aliphatic heterocycles. The summed E-state index contributed by atoms with van der Waals surface area (Å²) in [6.07, 6.45) is 0. The molecule has 1 atom stereocenters. The third-order valence-electron chi connectivity index (χ3n) is 6.41. The van der Waals surface area contributed by atoms with Crippen molar-refractivity contribution in [2.24, 2.45) is 5.41 Å². The van der Waals surface area contributed by atoms with Crippen molar-refractivity contribution in [3.8, 4) is 0 Å². The van der Waals surface area contributed by atoms with E-state index in [1.807, 2.05) is 30.0 Å². The molecular formula is C29H34NO2PS. The Bertz CT molecular complexity index is 1060. The van der Waals surface area contributed by atoms with Gasteiger partial charge in [-0.3, -0.25) is 0 Å². The van der Waals surface area contributed by atoms with E-state index in [1.54, 1.807) is 0 Å². The highest BCUT2D eigenvalue weighted by Crippen LogP contribution is 2.36. The molecular weight excluding hydrogens is 457 g/mol. The summed E-state index contributed by atoms with van der Waals surface area (Å²) in [4.78, 5) is 13.5. The van der Waals surface area contributed by atoms with Gasteiger partial charge in [-0.1, -0.05) is 94.4 Å². The summed E-state index contributed by atoms with van der Waals surface area (Å²) in [6.45, 7) is 9.13. The Kier molecular flexibility index (Phi) is 8.14. The normalized spacial score (nSPS) is 16.2. The third-order valence-corrected chi connectivity index (χ3v) is 9.83. The van der Waals surface area contributed by atoms with Crippen LogP contribution >= 0.6 is 19.7 Å². The molecule has 5 heteroatoms. The van der Waals surface area contributed by atoms with Crippen LogP contribution in [0.15, 0.2) is 78.9 Å². The van der Waals surface area contributed by atoms with Gasteiger partial charge in [-0.05, 0) is 47.4 Å². The Morgan fingerprint density at radius 1 is 1.03 bits per heavy atom. The van der Waals surface area contributed by atoms with E-state index >= 15 is 0 Å². The molecule has 3 aromatic carbocycles. The summed E-state index contributed by atoms with van der Waals surface area (Å²) < 4.78 is 5.99. The fourth-order valence-electron chi connectivity index (χ4n) is 4.17. The SMILES string of the molecule is CC(C)c1ccc(C(=O)OCC(C)(C)C2CSCN2)c(P(c2ccccc2)c2ccccc2)c1.